The largest absolute Gasteiger partial charge is 0.492 e. The van der Waals surface area contributed by atoms with E-state index in [1.807, 2.05) is 19.1 Å². The van der Waals surface area contributed by atoms with Gasteiger partial charge in [0, 0.05) is 5.69 Å². The monoisotopic (exact) mass is 361 g/mol. The minimum Gasteiger partial charge on any atom is -0.492 e. The first-order valence-corrected chi connectivity index (χ1v) is 10.3. The lowest BCUT2D eigenvalue weighted by Crippen LogP contribution is -2.15. The fourth-order valence-corrected chi connectivity index (χ4v) is 3.69. The molecule has 2 aromatic rings. The SMILES string of the molecule is CCCCCOc1cc(C)ccc1S(=O)(=O)Nc1ccc(CC)cc1. The molecule has 0 aliphatic heterocycles. The van der Waals surface area contributed by atoms with Gasteiger partial charge in [0.2, 0.25) is 0 Å². The molecule has 0 aromatic heterocycles. The highest BCUT2D eigenvalue weighted by Gasteiger charge is 2.20. The molecule has 0 bridgehead atoms. The summed E-state index contributed by atoms with van der Waals surface area (Å²) in [5, 5.41) is 0. The van der Waals surface area contributed by atoms with Crippen LogP contribution < -0.4 is 9.46 Å². The molecule has 2 rings (SSSR count). The lowest BCUT2D eigenvalue weighted by atomic mass is 10.2. The van der Waals surface area contributed by atoms with E-state index in [9.17, 15) is 8.42 Å². The summed E-state index contributed by atoms with van der Waals surface area (Å²) in [6, 6.07) is 12.6. The molecule has 0 saturated heterocycles. The van der Waals surface area contributed by atoms with Crippen molar-refractivity contribution in [2.75, 3.05) is 11.3 Å². The highest BCUT2D eigenvalue weighted by Crippen LogP contribution is 2.27. The van der Waals surface area contributed by atoms with Crippen LogP contribution in [0.25, 0.3) is 0 Å². The Hall–Kier alpha value is -2.01. The van der Waals surface area contributed by atoms with Gasteiger partial charge < -0.3 is 4.74 Å². The second-order valence-corrected chi connectivity index (χ2v) is 7.81. The molecule has 0 spiro atoms. The Morgan fingerprint density at radius 1 is 1.00 bits per heavy atom. The molecule has 0 aliphatic carbocycles. The fraction of sp³-hybridized carbons (Fsp3) is 0.400. The zero-order valence-corrected chi connectivity index (χ0v) is 16.0. The second kappa shape index (κ2) is 8.90. The van der Waals surface area contributed by atoms with Crippen LogP contribution in [0, 0.1) is 6.92 Å². The average Bonchev–Trinajstić information content (AvgIpc) is 2.59. The maximum atomic E-state index is 12.8. The molecule has 1 N–H and O–H groups in total. The van der Waals surface area contributed by atoms with Crippen LogP contribution in [0.2, 0.25) is 0 Å². The molecule has 0 unspecified atom stereocenters. The van der Waals surface area contributed by atoms with Gasteiger partial charge in [0.15, 0.2) is 0 Å². The third kappa shape index (κ3) is 5.49. The Morgan fingerprint density at radius 3 is 2.36 bits per heavy atom. The Morgan fingerprint density at radius 2 is 1.72 bits per heavy atom. The number of benzene rings is 2. The fourth-order valence-electron chi connectivity index (χ4n) is 2.50. The Labute approximate surface area is 151 Å². The number of unbranched alkanes of at least 4 members (excludes halogenated alkanes) is 2. The quantitative estimate of drug-likeness (QED) is 0.645. The molecule has 0 fully saturated rings. The molecule has 5 heteroatoms. The van der Waals surface area contributed by atoms with Gasteiger partial charge in [0.1, 0.15) is 10.6 Å². The molecule has 0 atom stereocenters. The van der Waals surface area contributed by atoms with E-state index in [0.717, 1.165) is 31.2 Å². The number of nitrogens with one attached hydrogen (secondary N) is 1. The van der Waals surface area contributed by atoms with Gasteiger partial charge in [-0.15, -0.1) is 0 Å². The molecular weight excluding hydrogens is 334 g/mol. The summed E-state index contributed by atoms with van der Waals surface area (Å²) in [5.41, 5.74) is 2.68. The van der Waals surface area contributed by atoms with E-state index >= 15 is 0 Å². The minimum absolute atomic E-state index is 0.175. The van der Waals surface area contributed by atoms with E-state index in [-0.39, 0.29) is 4.90 Å². The molecule has 0 aliphatic rings. The van der Waals surface area contributed by atoms with Crippen molar-refractivity contribution in [2.45, 2.75) is 51.3 Å². The standard InChI is InChI=1S/C20H27NO3S/c1-4-6-7-14-24-19-15-16(3)8-13-20(19)25(22,23)21-18-11-9-17(5-2)10-12-18/h8-13,15,21H,4-7,14H2,1-3H3. The zero-order chi connectivity index (χ0) is 18.3. The van der Waals surface area contributed by atoms with Gasteiger partial charge in [-0.3, -0.25) is 4.72 Å². The summed E-state index contributed by atoms with van der Waals surface area (Å²) in [6.07, 6.45) is 3.99. The van der Waals surface area contributed by atoms with Crippen molar-refractivity contribution in [1.29, 1.82) is 0 Å². The number of hydrogen-bond donors (Lipinski definition) is 1. The summed E-state index contributed by atoms with van der Waals surface area (Å²) in [6.45, 7) is 6.63. The number of anilines is 1. The third-order valence-electron chi connectivity index (χ3n) is 4.01. The summed E-state index contributed by atoms with van der Waals surface area (Å²) < 4.78 is 34.0. The minimum atomic E-state index is -3.70. The van der Waals surface area contributed by atoms with Crippen LogP contribution in [-0.4, -0.2) is 15.0 Å². The van der Waals surface area contributed by atoms with E-state index in [1.54, 1.807) is 30.3 Å². The van der Waals surface area contributed by atoms with E-state index in [0.29, 0.717) is 18.0 Å². The maximum absolute atomic E-state index is 12.8. The van der Waals surface area contributed by atoms with Crippen molar-refractivity contribution in [3.8, 4) is 5.75 Å². The zero-order valence-electron chi connectivity index (χ0n) is 15.2. The van der Waals surface area contributed by atoms with Gasteiger partial charge in [0.25, 0.3) is 10.0 Å². The molecule has 4 nitrogen and oxygen atoms in total. The van der Waals surface area contributed by atoms with Crippen LogP contribution in [0.5, 0.6) is 5.75 Å². The summed E-state index contributed by atoms with van der Waals surface area (Å²) in [7, 11) is -3.70. The predicted octanol–water partition coefficient (Wildman–Crippen LogP) is 4.93. The lowest BCUT2D eigenvalue weighted by Gasteiger charge is -2.14. The van der Waals surface area contributed by atoms with Crippen molar-refractivity contribution in [3.05, 3.63) is 53.6 Å². The molecule has 0 amide bonds. The van der Waals surface area contributed by atoms with Gasteiger partial charge in [-0.2, -0.15) is 0 Å². The van der Waals surface area contributed by atoms with Gasteiger partial charge in [-0.25, -0.2) is 8.42 Å². The molecule has 0 heterocycles. The third-order valence-corrected chi connectivity index (χ3v) is 5.43. The molecule has 0 radical (unpaired) electrons. The van der Waals surface area contributed by atoms with E-state index in [1.165, 1.54) is 5.56 Å². The maximum Gasteiger partial charge on any atom is 0.265 e. The molecule has 25 heavy (non-hydrogen) atoms. The number of rotatable bonds is 9. The molecule has 0 saturated carbocycles. The van der Waals surface area contributed by atoms with Crippen LogP contribution in [0.3, 0.4) is 0 Å². The normalized spacial score (nSPS) is 11.3. The Balaban J connectivity index is 2.21. The van der Waals surface area contributed by atoms with Crippen molar-refractivity contribution in [2.24, 2.45) is 0 Å². The Bertz CT molecular complexity index is 783. The van der Waals surface area contributed by atoms with Crippen LogP contribution in [0.4, 0.5) is 5.69 Å². The van der Waals surface area contributed by atoms with Crippen LogP contribution in [0.1, 0.15) is 44.2 Å². The van der Waals surface area contributed by atoms with E-state index < -0.39 is 10.0 Å². The number of hydrogen-bond acceptors (Lipinski definition) is 3. The summed E-state index contributed by atoms with van der Waals surface area (Å²) >= 11 is 0. The summed E-state index contributed by atoms with van der Waals surface area (Å²) in [5.74, 6) is 0.411. The second-order valence-electron chi connectivity index (χ2n) is 6.16. The van der Waals surface area contributed by atoms with Crippen molar-refractivity contribution < 1.29 is 13.2 Å². The number of aryl methyl sites for hydroxylation is 2. The number of ether oxygens (including phenoxy) is 1. The molecule has 136 valence electrons. The highest BCUT2D eigenvalue weighted by molar-refractivity contribution is 7.92. The smallest absolute Gasteiger partial charge is 0.265 e. The predicted molar refractivity (Wildman–Crippen MR) is 103 cm³/mol. The van der Waals surface area contributed by atoms with Gasteiger partial charge in [-0.05, 0) is 55.2 Å². The lowest BCUT2D eigenvalue weighted by molar-refractivity contribution is 0.298. The molecular formula is C20H27NO3S. The Kier molecular flexibility index (Phi) is 6.88. The van der Waals surface area contributed by atoms with Crippen LogP contribution in [0.15, 0.2) is 47.4 Å². The first-order chi connectivity index (χ1) is 12.0. The summed E-state index contributed by atoms with van der Waals surface area (Å²) in [4.78, 5) is 0.175. The van der Waals surface area contributed by atoms with Crippen molar-refractivity contribution >= 4 is 15.7 Å². The topological polar surface area (TPSA) is 55.4 Å². The van der Waals surface area contributed by atoms with Gasteiger partial charge in [0.05, 0.1) is 6.61 Å². The van der Waals surface area contributed by atoms with E-state index in [4.69, 9.17) is 4.74 Å². The average molecular weight is 362 g/mol. The number of sulfonamides is 1. The first-order valence-electron chi connectivity index (χ1n) is 8.81. The first kappa shape index (κ1) is 19.3. The molecule has 2 aromatic carbocycles. The van der Waals surface area contributed by atoms with Crippen molar-refractivity contribution in [3.63, 3.8) is 0 Å². The highest BCUT2D eigenvalue weighted by atomic mass is 32.2. The van der Waals surface area contributed by atoms with E-state index in [2.05, 4.69) is 18.6 Å². The van der Waals surface area contributed by atoms with Crippen LogP contribution >= 0.6 is 0 Å². The van der Waals surface area contributed by atoms with Gasteiger partial charge >= 0.3 is 0 Å². The van der Waals surface area contributed by atoms with Gasteiger partial charge in [-0.1, -0.05) is 44.9 Å². The van der Waals surface area contributed by atoms with Crippen molar-refractivity contribution in [1.82, 2.24) is 0 Å². The van der Waals surface area contributed by atoms with Crippen LogP contribution in [-0.2, 0) is 16.4 Å².